The van der Waals surface area contributed by atoms with Gasteiger partial charge >= 0.3 is 6.03 Å². The van der Waals surface area contributed by atoms with Gasteiger partial charge in [0, 0.05) is 45.1 Å². The van der Waals surface area contributed by atoms with Gasteiger partial charge in [0.1, 0.15) is 5.69 Å². The predicted molar refractivity (Wildman–Crippen MR) is 87.0 cm³/mol. The van der Waals surface area contributed by atoms with Crippen LogP contribution in [0.5, 0.6) is 0 Å². The predicted octanol–water partition coefficient (Wildman–Crippen LogP) is 1.38. The molecule has 1 aromatic heterocycles. The normalized spacial score (nSPS) is 16.0. The Balaban J connectivity index is 1.89. The van der Waals surface area contributed by atoms with Crippen molar-refractivity contribution in [3.05, 3.63) is 24.3 Å². The molecule has 1 fully saturated rings. The molecule has 1 N–H and O–H groups in total. The zero-order valence-corrected chi connectivity index (χ0v) is 14.1. The summed E-state index contributed by atoms with van der Waals surface area (Å²) in [5, 5.41) is 2.96. The minimum atomic E-state index is -0.130. The third-order valence-electron chi connectivity index (χ3n) is 3.62. The number of carbonyl (C=O) groups excluding carboxylic acids is 2. The molecule has 2 heterocycles. The van der Waals surface area contributed by atoms with Gasteiger partial charge in [0.05, 0.1) is 6.20 Å². The van der Waals surface area contributed by atoms with Gasteiger partial charge in [-0.15, -0.1) is 0 Å². The fraction of sp³-hybridized carbons (Fsp3) is 0.625. The summed E-state index contributed by atoms with van der Waals surface area (Å²) in [4.78, 5) is 36.1. The number of amides is 3. The summed E-state index contributed by atoms with van der Waals surface area (Å²) in [5.74, 6) is -0.130. The molecule has 0 atom stereocenters. The Morgan fingerprint density at radius 1 is 1.13 bits per heavy atom. The summed E-state index contributed by atoms with van der Waals surface area (Å²) in [7, 11) is 0. The molecule has 1 saturated heterocycles. The highest BCUT2D eigenvalue weighted by Gasteiger charge is 2.24. The van der Waals surface area contributed by atoms with E-state index < -0.39 is 0 Å². The lowest BCUT2D eigenvalue weighted by molar-refractivity contribution is 0.0756. The van der Waals surface area contributed by atoms with E-state index in [2.05, 4.69) is 36.1 Å². The summed E-state index contributed by atoms with van der Waals surface area (Å²) >= 11 is 0. The van der Waals surface area contributed by atoms with Gasteiger partial charge in [0.15, 0.2) is 0 Å². The molecule has 7 heteroatoms. The summed E-state index contributed by atoms with van der Waals surface area (Å²) < 4.78 is 0. The van der Waals surface area contributed by atoms with Gasteiger partial charge in [-0.25, -0.2) is 9.78 Å². The molecule has 2 rings (SSSR count). The zero-order chi connectivity index (χ0) is 16.9. The maximum Gasteiger partial charge on any atom is 0.317 e. The van der Waals surface area contributed by atoms with E-state index >= 15 is 0 Å². The lowest BCUT2D eigenvalue weighted by Crippen LogP contribution is -2.44. The van der Waals surface area contributed by atoms with Crippen LogP contribution in [0.3, 0.4) is 0 Å². The van der Waals surface area contributed by atoms with E-state index in [-0.39, 0.29) is 17.4 Å². The molecule has 0 saturated carbocycles. The van der Waals surface area contributed by atoms with Gasteiger partial charge in [-0.05, 0) is 11.8 Å². The van der Waals surface area contributed by atoms with Gasteiger partial charge in [-0.3, -0.25) is 9.78 Å². The first-order valence-corrected chi connectivity index (χ1v) is 7.95. The first kappa shape index (κ1) is 17.2. The second-order valence-corrected chi connectivity index (χ2v) is 6.94. The molecule has 23 heavy (non-hydrogen) atoms. The van der Waals surface area contributed by atoms with Crippen molar-refractivity contribution in [2.45, 2.75) is 27.2 Å². The highest BCUT2D eigenvalue weighted by molar-refractivity contribution is 5.92. The van der Waals surface area contributed by atoms with E-state index in [1.165, 1.54) is 12.4 Å². The van der Waals surface area contributed by atoms with Crippen molar-refractivity contribution in [3.8, 4) is 0 Å². The number of urea groups is 1. The molecule has 1 aromatic rings. The molecule has 0 bridgehead atoms. The number of carbonyl (C=O) groups is 2. The van der Waals surface area contributed by atoms with Crippen LogP contribution in [-0.4, -0.2) is 64.4 Å². The minimum absolute atomic E-state index is 0.0511. The Bertz CT molecular complexity index is 541. The molecule has 0 aliphatic carbocycles. The van der Waals surface area contributed by atoms with Crippen LogP contribution in [0.15, 0.2) is 18.6 Å². The maximum absolute atomic E-state index is 12.4. The standard InChI is InChI=1S/C16H25N5O2/c1-16(2,3)12-19-15(23)21-8-4-7-20(9-10-21)14(22)13-11-17-5-6-18-13/h5-6,11H,4,7-10,12H2,1-3H3,(H,19,23). The Hall–Kier alpha value is -2.18. The van der Waals surface area contributed by atoms with E-state index in [1.807, 2.05) is 0 Å². The topological polar surface area (TPSA) is 78.4 Å². The van der Waals surface area contributed by atoms with E-state index in [4.69, 9.17) is 0 Å². The zero-order valence-electron chi connectivity index (χ0n) is 14.1. The SMILES string of the molecule is CC(C)(C)CNC(=O)N1CCCN(C(=O)c2cnccn2)CC1. The fourth-order valence-corrected chi connectivity index (χ4v) is 2.35. The third-order valence-corrected chi connectivity index (χ3v) is 3.62. The largest absolute Gasteiger partial charge is 0.337 e. The van der Waals surface area contributed by atoms with Crippen LogP contribution in [0.2, 0.25) is 0 Å². The van der Waals surface area contributed by atoms with Gasteiger partial charge in [0.2, 0.25) is 0 Å². The molecule has 0 radical (unpaired) electrons. The van der Waals surface area contributed by atoms with Gasteiger partial charge in [0.25, 0.3) is 5.91 Å². The van der Waals surface area contributed by atoms with Crippen LogP contribution in [0, 0.1) is 5.41 Å². The van der Waals surface area contributed by atoms with Crippen LogP contribution in [-0.2, 0) is 0 Å². The van der Waals surface area contributed by atoms with Crippen LogP contribution >= 0.6 is 0 Å². The summed E-state index contributed by atoms with van der Waals surface area (Å²) in [6.07, 6.45) is 5.29. The van der Waals surface area contributed by atoms with E-state index in [9.17, 15) is 9.59 Å². The molecule has 1 aliphatic rings. The number of nitrogens with one attached hydrogen (secondary N) is 1. The van der Waals surface area contributed by atoms with Crippen molar-refractivity contribution < 1.29 is 9.59 Å². The van der Waals surface area contributed by atoms with Crippen LogP contribution in [0.1, 0.15) is 37.7 Å². The molecule has 0 spiro atoms. The lowest BCUT2D eigenvalue weighted by Gasteiger charge is -2.25. The highest BCUT2D eigenvalue weighted by atomic mass is 16.2. The smallest absolute Gasteiger partial charge is 0.317 e. The van der Waals surface area contributed by atoms with Gasteiger partial charge in [-0.1, -0.05) is 20.8 Å². The number of rotatable bonds is 2. The van der Waals surface area contributed by atoms with Crippen molar-refractivity contribution in [3.63, 3.8) is 0 Å². The van der Waals surface area contributed by atoms with Crippen molar-refractivity contribution >= 4 is 11.9 Å². The molecule has 0 aromatic carbocycles. The maximum atomic E-state index is 12.4. The average molecular weight is 319 g/mol. The molecule has 0 unspecified atom stereocenters. The average Bonchev–Trinajstić information content (AvgIpc) is 2.78. The van der Waals surface area contributed by atoms with Crippen LogP contribution in [0.25, 0.3) is 0 Å². The van der Waals surface area contributed by atoms with Crippen molar-refractivity contribution in [1.82, 2.24) is 25.1 Å². The Kier molecular flexibility index (Phi) is 5.52. The fourth-order valence-electron chi connectivity index (χ4n) is 2.35. The number of nitrogens with zero attached hydrogens (tertiary/aromatic N) is 4. The first-order chi connectivity index (χ1) is 10.9. The summed E-state index contributed by atoms with van der Waals surface area (Å²) in [5.41, 5.74) is 0.397. The monoisotopic (exact) mass is 319 g/mol. The lowest BCUT2D eigenvalue weighted by atomic mass is 9.97. The number of hydrogen-bond donors (Lipinski definition) is 1. The second-order valence-electron chi connectivity index (χ2n) is 6.94. The van der Waals surface area contributed by atoms with Gasteiger partial charge in [-0.2, -0.15) is 0 Å². The molecule has 126 valence electrons. The van der Waals surface area contributed by atoms with E-state index in [1.54, 1.807) is 16.0 Å². The molecule has 1 aliphatic heterocycles. The Morgan fingerprint density at radius 2 is 1.83 bits per heavy atom. The summed E-state index contributed by atoms with van der Waals surface area (Å²) in [6.45, 7) is 9.19. The van der Waals surface area contributed by atoms with E-state index in [0.717, 1.165) is 6.42 Å². The molecule has 7 nitrogen and oxygen atoms in total. The summed E-state index contributed by atoms with van der Waals surface area (Å²) in [6, 6.07) is -0.0614. The minimum Gasteiger partial charge on any atom is -0.337 e. The Labute approximate surface area is 137 Å². The molecular formula is C16H25N5O2. The van der Waals surface area contributed by atoms with Gasteiger partial charge < -0.3 is 15.1 Å². The quantitative estimate of drug-likeness (QED) is 0.893. The molecular weight excluding hydrogens is 294 g/mol. The Morgan fingerprint density at radius 3 is 2.48 bits per heavy atom. The third kappa shape index (κ3) is 5.19. The van der Waals surface area contributed by atoms with Crippen molar-refractivity contribution in [2.75, 3.05) is 32.7 Å². The molecule has 3 amide bonds. The number of aromatic nitrogens is 2. The van der Waals surface area contributed by atoms with Crippen molar-refractivity contribution in [2.24, 2.45) is 5.41 Å². The van der Waals surface area contributed by atoms with Crippen molar-refractivity contribution in [1.29, 1.82) is 0 Å². The highest BCUT2D eigenvalue weighted by Crippen LogP contribution is 2.11. The van der Waals surface area contributed by atoms with Crippen LogP contribution < -0.4 is 5.32 Å². The van der Waals surface area contributed by atoms with Crippen LogP contribution in [0.4, 0.5) is 4.79 Å². The van der Waals surface area contributed by atoms with E-state index in [0.29, 0.717) is 38.4 Å². The second kappa shape index (κ2) is 7.39. The number of hydrogen-bond acceptors (Lipinski definition) is 4. The first-order valence-electron chi connectivity index (χ1n) is 7.95.